The van der Waals surface area contributed by atoms with E-state index in [2.05, 4.69) is 0 Å². The molecule has 0 atom stereocenters. The Morgan fingerprint density at radius 3 is 2.28 bits per heavy atom. The third kappa shape index (κ3) is 4.18. The van der Waals surface area contributed by atoms with Crippen molar-refractivity contribution in [3.63, 3.8) is 0 Å². The van der Waals surface area contributed by atoms with Gasteiger partial charge in [0, 0.05) is 11.6 Å². The van der Waals surface area contributed by atoms with Crippen molar-refractivity contribution in [2.45, 2.75) is 31.6 Å². The molecule has 6 nitrogen and oxygen atoms in total. The van der Waals surface area contributed by atoms with Crippen molar-refractivity contribution in [3.8, 4) is 11.5 Å². The van der Waals surface area contributed by atoms with Crippen LogP contribution in [0.5, 0.6) is 11.5 Å². The van der Waals surface area contributed by atoms with Gasteiger partial charge < -0.3 is 9.84 Å². The van der Waals surface area contributed by atoms with E-state index < -0.39 is 16.0 Å². The maximum Gasteiger partial charge on any atom is 0.335 e. The van der Waals surface area contributed by atoms with Crippen LogP contribution in [0, 0.1) is 13.8 Å². The molecule has 0 aliphatic carbocycles. The normalized spacial score (nSPS) is 13.5. The summed E-state index contributed by atoms with van der Waals surface area (Å²) in [6.07, 6.45) is 1.25. The number of sulfonamides is 1. The molecule has 8 heteroatoms. The van der Waals surface area contributed by atoms with Gasteiger partial charge in [0.15, 0.2) is 0 Å². The van der Waals surface area contributed by atoms with Crippen molar-refractivity contribution in [2.24, 2.45) is 0 Å². The van der Waals surface area contributed by atoms with Gasteiger partial charge in [-0.15, -0.1) is 0 Å². The molecule has 0 spiro atoms. The van der Waals surface area contributed by atoms with Crippen molar-refractivity contribution in [1.29, 1.82) is 0 Å². The van der Waals surface area contributed by atoms with Crippen LogP contribution in [0.25, 0.3) is 0 Å². The average Bonchev–Trinajstić information content (AvgIpc) is 2.77. The van der Waals surface area contributed by atoms with Crippen LogP contribution < -0.4 is 9.04 Å². The third-order valence-electron chi connectivity index (χ3n) is 5.46. The summed E-state index contributed by atoms with van der Waals surface area (Å²) < 4.78 is 33.9. The Labute approximate surface area is 192 Å². The molecule has 3 aromatic rings. The van der Waals surface area contributed by atoms with Crippen LogP contribution in [0.4, 0.5) is 5.69 Å². The molecule has 32 heavy (non-hydrogen) atoms. The van der Waals surface area contributed by atoms with Gasteiger partial charge in [-0.3, -0.25) is 4.31 Å². The Balaban J connectivity index is 1.60. The third-order valence-corrected chi connectivity index (χ3v) is 7.88. The summed E-state index contributed by atoms with van der Waals surface area (Å²) in [5.41, 5.74) is 3.19. The number of aryl methyl sites for hydroxylation is 3. The summed E-state index contributed by atoms with van der Waals surface area (Å²) in [7, 11) is -3.80. The molecule has 0 saturated heterocycles. The summed E-state index contributed by atoms with van der Waals surface area (Å²) in [5.74, 6) is 0.101. The Morgan fingerprint density at radius 2 is 1.66 bits per heavy atom. The highest BCUT2D eigenvalue weighted by Gasteiger charge is 2.29. The zero-order chi connectivity index (χ0) is 23.0. The number of nitrogens with zero attached hydrogens (tertiary/aromatic N) is 1. The first-order valence-electron chi connectivity index (χ1n) is 10.1. The fraction of sp³-hybridized carbons (Fsp3) is 0.208. The number of hydrogen-bond acceptors (Lipinski definition) is 4. The van der Waals surface area contributed by atoms with Gasteiger partial charge in [-0.1, -0.05) is 11.6 Å². The molecule has 166 valence electrons. The molecule has 3 aromatic carbocycles. The van der Waals surface area contributed by atoms with E-state index in [9.17, 15) is 18.3 Å². The minimum Gasteiger partial charge on any atom is -0.478 e. The highest BCUT2D eigenvalue weighted by atomic mass is 35.5. The van der Waals surface area contributed by atoms with Crippen LogP contribution in [-0.2, 0) is 16.4 Å². The van der Waals surface area contributed by atoms with Crippen molar-refractivity contribution in [3.05, 3.63) is 81.9 Å². The molecule has 0 radical (unpaired) electrons. The lowest BCUT2D eigenvalue weighted by atomic mass is 10.0. The minimum atomic E-state index is -3.80. The van der Waals surface area contributed by atoms with E-state index in [4.69, 9.17) is 16.3 Å². The van der Waals surface area contributed by atoms with Gasteiger partial charge in [-0.2, -0.15) is 0 Å². The van der Waals surface area contributed by atoms with Crippen LogP contribution in [0.3, 0.4) is 0 Å². The van der Waals surface area contributed by atoms with Gasteiger partial charge in [0.05, 0.1) is 16.1 Å². The number of rotatable bonds is 5. The zero-order valence-electron chi connectivity index (χ0n) is 17.6. The molecular weight excluding hydrogens is 450 g/mol. The van der Waals surface area contributed by atoms with Crippen molar-refractivity contribution < 1.29 is 23.1 Å². The number of hydrogen-bond donors (Lipinski definition) is 1. The number of fused-ring (bicyclic) bond motifs is 1. The van der Waals surface area contributed by atoms with Crippen LogP contribution >= 0.6 is 11.6 Å². The summed E-state index contributed by atoms with van der Waals surface area (Å²) in [5, 5.41) is 9.91. The fourth-order valence-electron chi connectivity index (χ4n) is 3.85. The number of halogens is 1. The summed E-state index contributed by atoms with van der Waals surface area (Å²) >= 11 is 6.20. The molecule has 0 amide bonds. The first-order valence-corrected chi connectivity index (χ1v) is 11.9. The lowest BCUT2D eigenvalue weighted by Crippen LogP contribution is -2.35. The molecule has 0 bridgehead atoms. The molecule has 1 N–H and O–H groups in total. The molecule has 4 rings (SSSR count). The van der Waals surface area contributed by atoms with Crippen molar-refractivity contribution in [2.75, 3.05) is 10.8 Å². The SMILES string of the molecule is Cc1cc(Oc2ccc(S(=O)(=O)N3CCCc4cc(C(=O)O)ccc43)cc2)cc(C)c1Cl. The molecule has 1 heterocycles. The van der Waals surface area contributed by atoms with E-state index in [0.29, 0.717) is 47.2 Å². The fourth-order valence-corrected chi connectivity index (χ4v) is 5.50. The Hall–Kier alpha value is -3.03. The predicted molar refractivity (Wildman–Crippen MR) is 124 cm³/mol. The van der Waals surface area contributed by atoms with E-state index in [1.54, 1.807) is 24.3 Å². The molecular formula is C24H22ClNO5S. The van der Waals surface area contributed by atoms with Crippen molar-refractivity contribution >= 4 is 33.3 Å². The van der Waals surface area contributed by atoms with E-state index in [1.165, 1.54) is 22.5 Å². The van der Waals surface area contributed by atoms with Gasteiger partial charge >= 0.3 is 5.97 Å². The first-order chi connectivity index (χ1) is 15.2. The van der Waals surface area contributed by atoms with Gasteiger partial charge in [-0.05, 0) is 98.0 Å². The quantitative estimate of drug-likeness (QED) is 0.524. The van der Waals surface area contributed by atoms with Crippen LogP contribution in [0.2, 0.25) is 5.02 Å². The summed E-state index contributed by atoms with van der Waals surface area (Å²) in [6, 6.07) is 14.5. The Bertz CT molecular complexity index is 1280. The largest absolute Gasteiger partial charge is 0.478 e. The number of anilines is 1. The molecule has 0 unspecified atom stereocenters. The predicted octanol–water partition coefficient (Wildman–Crippen LogP) is 5.59. The summed E-state index contributed by atoms with van der Waals surface area (Å²) in [6.45, 7) is 4.13. The zero-order valence-corrected chi connectivity index (χ0v) is 19.2. The van der Waals surface area contributed by atoms with Crippen molar-refractivity contribution in [1.82, 2.24) is 0 Å². The lowest BCUT2D eigenvalue weighted by molar-refractivity contribution is 0.0696. The topological polar surface area (TPSA) is 83.9 Å². The smallest absolute Gasteiger partial charge is 0.335 e. The number of benzene rings is 3. The average molecular weight is 472 g/mol. The lowest BCUT2D eigenvalue weighted by Gasteiger charge is -2.30. The second-order valence-corrected chi connectivity index (χ2v) is 10.0. The minimum absolute atomic E-state index is 0.142. The number of carboxylic acid groups (broad SMARTS) is 1. The van der Waals surface area contributed by atoms with E-state index in [0.717, 1.165) is 11.1 Å². The van der Waals surface area contributed by atoms with Gasteiger partial charge in [0.25, 0.3) is 10.0 Å². The second-order valence-electron chi connectivity index (χ2n) is 7.77. The molecule has 1 aliphatic heterocycles. The molecule has 1 aliphatic rings. The van der Waals surface area contributed by atoms with E-state index in [-0.39, 0.29) is 10.5 Å². The van der Waals surface area contributed by atoms with Gasteiger partial charge in [0.2, 0.25) is 0 Å². The van der Waals surface area contributed by atoms with Gasteiger partial charge in [0.1, 0.15) is 11.5 Å². The Morgan fingerprint density at radius 1 is 1.00 bits per heavy atom. The summed E-state index contributed by atoms with van der Waals surface area (Å²) in [4.78, 5) is 11.4. The standard InChI is InChI=1S/C24H22ClNO5S/c1-15-12-20(13-16(2)23(15)25)31-19-6-8-21(9-7-19)32(29,30)26-11-3-4-17-14-18(24(27)28)5-10-22(17)26/h5-10,12-14H,3-4,11H2,1-2H3,(H,27,28). The molecule has 0 saturated carbocycles. The molecule has 0 fully saturated rings. The van der Waals surface area contributed by atoms with Crippen LogP contribution in [0.15, 0.2) is 59.5 Å². The molecule has 0 aromatic heterocycles. The highest BCUT2D eigenvalue weighted by Crippen LogP contribution is 2.34. The number of aromatic carboxylic acids is 1. The monoisotopic (exact) mass is 471 g/mol. The number of ether oxygens (including phenoxy) is 1. The van der Waals surface area contributed by atoms with Gasteiger partial charge in [-0.25, -0.2) is 13.2 Å². The maximum atomic E-state index is 13.3. The number of carbonyl (C=O) groups is 1. The highest BCUT2D eigenvalue weighted by molar-refractivity contribution is 7.92. The van der Waals surface area contributed by atoms with E-state index >= 15 is 0 Å². The van der Waals surface area contributed by atoms with Crippen LogP contribution in [-0.4, -0.2) is 26.0 Å². The first kappa shape index (κ1) is 22.2. The van der Waals surface area contributed by atoms with E-state index in [1.807, 2.05) is 26.0 Å². The Kier molecular flexibility index (Phi) is 5.88. The maximum absolute atomic E-state index is 13.3. The second kappa shape index (κ2) is 8.48. The van der Waals surface area contributed by atoms with Crippen LogP contribution in [0.1, 0.15) is 33.5 Å². The number of carboxylic acids is 1.